The predicted molar refractivity (Wildman–Crippen MR) is 75.3 cm³/mol. The van der Waals surface area contributed by atoms with Crippen LogP contribution in [0.4, 0.5) is 0 Å². The van der Waals surface area contributed by atoms with Crippen LogP contribution in [0.1, 0.15) is 27.9 Å². The number of thiophene rings is 1. The Morgan fingerprint density at radius 3 is 2.71 bits per heavy atom. The second-order valence-corrected chi connectivity index (χ2v) is 6.16. The van der Waals surface area contributed by atoms with Gasteiger partial charge in [0.1, 0.15) is 0 Å². The van der Waals surface area contributed by atoms with Crippen molar-refractivity contribution in [2.75, 3.05) is 0 Å². The topological polar surface area (TPSA) is 43.8 Å². The highest BCUT2D eigenvalue weighted by Gasteiger charge is 2.17. The molecular weight excluding hydrogens is 298 g/mol. The standard InChI is InChI=1S/C12H16BrN3S/c1-7-12(8(2)16(3)15-7)11(14)5-10-4-9(13)6-17-10/h4,6,11H,5,14H2,1-3H3. The van der Waals surface area contributed by atoms with Gasteiger partial charge >= 0.3 is 0 Å². The van der Waals surface area contributed by atoms with Crippen LogP contribution in [0.25, 0.3) is 0 Å². The molecular formula is C12H16BrN3S. The van der Waals surface area contributed by atoms with Crippen molar-refractivity contribution in [2.24, 2.45) is 12.8 Å². The molecule has 2 heterocycles. The van der Waals surface area contributed by atoms with Gasteiger partial charge in [-0.05, 0) is 35.8 Å². The maximum atomic E-state index is 6.29. The number of aromatic nitrogens is 2. The molecule has 92 valence electrons. The number of nitrogens with two attached hydrogens (primary N) is 1. The van der Waals surface area contributed by atoms with Gasteiger partial charge in [-0.1, -0.05) is 0 Å². The quantitative estimate of drug-likeness (QED) is 0.946. The Morgan fingerprint density at radius 1 is 1.53 bits per heavy atom. The maximum Gasteiger partial charge on any atom is 0.0644 e. The van der Waals surface area contributed by atoms with Gasteiger partial charge in [0.05, 0.1) is 5.69 Å². The molecule has 0 radical (unpaired) electrons. The highest BCUT2D eigenvalue weighted by atomic mass is 79.9. The van der Waals surface area contributed by atoms with E-state index in [4.69, 9.17) is 5.73 Å². The second-order valence-electron chi connectivity index (χ2n) is 4.25. The van der Waals surface area contributed by atoms with Crippen molar-refractivity contribution < 1.29 is 0 Å². The molecule has 1 unspecified atom stereocenters. The first-order valence-corrected chi connectivity index (χ1v) is 7.15. The van der Waals surface area contributed by atoms with Gasteiger partial charge in [-0.25, -0.2) is 0 Å². The molecule has 0 bridgehead atoms. The largest absolute Gasteiger partial charge is 0.324 e. The van der Waals surface area contributed by atoms with Gasteiger partial charge in [0.15, 0.2) is 0 Å². The molecule has 0 aliphatic carbocycles. The zero-order valence-corrected chi connectivity index (χ0v) is 12.6. The minimum atomic E-state index is 0.0225. The van der Waals surface area contributed by atoms with Gasteiger partial charge in [-0.3, -0.25) is 4.68 Å². The average molecular weight is 314 g/mol. The van der Waals surface area contributed by atoms with Gasteiger partial charge < -0.3 is 5.73 Å². The van der Waals surface area contributed by atoms with Gasteiger partial charge in [0, 0.05) is 45.5 Å². The summed E-state index contributed by atoms with van der Waals surface area (Å²) in [7, 11) is 1.96. The third-order valence-corrected chi connectivity index (χ3v) is 4.70. The van der Waals surface area contributed by atoms with Crippen molar-refractivity contribution in [1.29, 1.82) is 0 Å². The first kappa shape index (κ1) is 12.8. The number of hydrogen-bond donors (Lipinski definition) is 1. The van der Waals surface area contributed by atoms with Crippen molar-refractivity contribution in [1.82, 2.24) is 9.78 Å². The zero-order valence-electron chi connectivity index (χ0n) is 10.2. The van der Waals surface area contributed by atoms with Crippen LogP contribution in [0.5, 0.6) is 0 Å². The molecule has 2 aromatic rings. The van der Waals surface area contributed by atoms with Crippen molar-refractivity contribution in [3.63, 3.8) is 0 Å². The predicted octanol–water partition coefficient (Wildman–Crippen LogP) is 3.10. The Morgan fingerprint density at radius 2 is 2.24 bits per heavy atom. The molecule has 0 aliphatic rings. The maximum absolute atomic E-state index is 6.29. The Labute approximate surface area is 114 Å². The summed E-state index contributed by atoms with van der Waals surface area (Å²) in [5.41, 5.74) is 9.66. The fraction of sp³-hybridized carbons (Fsp3) is 0.417. The van der Waals surface area contributed by atoms with Gasteiger partial charge in [-0.15, -0.1) is 11.3 Å². The smallest absolute Gasteiger partial charge is 0.0644 e. The molecule has 3 nitrogen and oxygen atoms in total. The summed E-state index contributed by atoms with van der Waals surface area (Å²) in [6.07, 6.45) is 0.865. The Balaban J connectivity index is 2.22. The SMILES string of the molecule is Cc1nn(C)c(C)c1C(N)Cc1cc(Br)cs1. The molecule has 0 saturated heterocycles. The van der Waals surface area contributed by atoms with Crippen LogP contribution in [0, 0.1) is 13.8 Å². The number of aryl methyl sites for hydroxylation is 2. The van der Waals surface area contributed by atoms with E-state index in [1.807, 2.05) is 18.7 Å². The van der Waals surface area contributed by atoms with E-state index in [0.717, 1.165) is 22.3 Å². The van der Waals surface area contributed by atoms with Crippen molar-refractivity contribution in [3.05, 3.63) is 37.7 Å². The molecule has 0 aliphatic heterocycles. The van der Waals surface area contributed by atoms with Crippen LogP contribution in [0.3, 0.4) is 0 Å². The lowest BCUT2D eigenvalue weighted by Gasteiger charge is -2.11. The lowest BCUT2D eigenvalue weighted by molar-refractivity contribution is 0.705. The minimum absolute atomic E-state index is 0.0225. The van der Waals surface area contributed by atoms with E-state index in [0.29, 0.717) is 0 Å². The molecule has 1 atom stereocenters. The average Bonchev–Trinajstić information content (AvgIpc) is 2.73. The van der Waals surface area contributed by atoms with Gasteiger partial charge in [0.2, 0.25) is 0 Å². The monoisotopic (exact) mass is 313 g/mol. The molecule has 0 spiro atoms. The van der Waals surface area contributed by atoms with Crippen molar-refractivity contribution >= 4 is 27.3 Å². The van der Waals surface area contributed by atoms with Crippen LogP contribution in [0.2, 0.25) is 0 Å². The Kier molecular flexibility index (Phi) is 3.70. The zero-order chi connectivity index (χ0) is 12.6. The molecule has 2 aromatic heterocycles. The van der Waals surface area contributed by atoms with E-state index >= 15 is 0 Å². The molecule has 0 fully saturated rings. The summed E-state index contributed by atoms with van der Waals surface area (Å²) in [5, 5.41) is 6.50. The summed E-state index contributed by atoms with van der Waals surface area (Å²) in [6, 6.07) is 2.15. The molecule has 0 aromatic carbocycles. The third-order valence-electron chi connectivity index (χ3n) is 2.98. The number of rotatable bonds is 3. The number of halogens is 1. The molecule has 0 amide bonds. The summed E-state index contributed by atoms with van der Waals surface area (Å²) in [4.78, 5) is 1.30. The molecule has 2 N–H and O–H groups in total. The van der Waals surface area contributed by atoms with Crippen LogP contribution >= 0.6 is 27.3 Å². The Hall–Kier alpha value is -0.650. The van der Waals surface area contributed by atoms with E-state index in [1.54, 1.807) is 11.3 Å². The fourth-order valence-corrected chi connectivity index (χ4v) is 3.62. The summed E-state index contributed by atoms with van der Waals surface area (Å²) in [5.74, 6) is 0. The van der Waals surface area contributed by atoms with E-state index in [2.05, 4.69) is 39.4 Å². The Bertz CT molecular complexity index is 530. The highest BCUT2D eigenvalue weighted by Crippen LogP contribution is 2.27. The van der Waals surface area contributed by atoms with Crippen LogP contribution in [-0.2, 0) is 13.5 Å². The van der Waals surface area contributed by atoms with Crippen LogP contribution in [-0.4, -0.2) is 9.78 Å². The molecule has 17 heavy (non-hydrogen) atoms. The van der Waals surface area contributed by atoms with Crippen molar-refractivity contribution in [2.45, 2.75) is 26.3 Å². The first-order valence-electron chi connectivity index (χ1n) is 5.47. The van der Waals surface area contributed by atoms with Gasteiger partial charge in [-0.2, -0.15) is 5.10 Å². The summed E-state index contributed by atoms with van der Waals surface area (Å²) < 4.78 is 3.03. The molecule has 5 heteroatoms. The minimum Gasteiger partial charge on any atom is -0.324 e. The van der Waals surface area contributed by atoms with E-state index in [9.17, 15) is 0 Å². The summed E-state index contributed by atoms with van der Waals surface area (Å²) in [6.45, 7) is 4.09. The summed E-state index contributed by atoms with van der Waals surface area (Å²) >= 11 is 5.20. The van der Waals surface area contributed by atoms with E-state index < -0.39 is 0 Å². The number of hydrogen-bond acceptors (Lipinski definition) is 3. The van der Waals surface area contributed by atoms with Gasteiger partial charge in [0.25, 0.3) is 0 Å². The first-order chi connectivity index (χ1) is 7.99. The van der Waals surface area contributed by atoms with E-state index in [1.165, 1.54) is 10.4 Å². The molecule has 2 rings (SSSR count). The third kappa shape index (κ3) is 2.61. The van der Waals surface area contributed by atoms with Crippen LogP contribution in [0.15, 0.2) is 15.9 Å². The van der Waals surface area contributed by atoms with Crippen molar-refractivity contribution in [3.8, 4) is 0 Å². The second kappa shape index (κ2) is 4.92. The lowest BCUT2D eigenvalue weighted by atomic mass is 10.0. The molecule has 0 saturated carbocycles. The van der Waals surface area contributed by atoms with E-state index in [-0.39, 0.29) is 6.04 Å². The fourth-order valence-electron chi connectivity index (χ4n) is 2.11. The normalized spacial score (nSPS) is 13.0. The van der Waals surface area contributed by atoms with Crippen LogP contribution < -0.4 is 5.73 Å². The lowest BCUT2D eigenvalue weighted by Crippen LogP contribution is -2.14. The highest BCUT2D eigenvalue weighted by molar-refractivity contribution is 9.10. The number of nitrogens with zero attached hydrogens (tertiary/aromatic N) is 2.